The lowest BCUT2D eigenvalue weighted by Crippen LogP contribution is -2.04. The molecule has 2 heterocycles. The zero-order valence-electron chi connectivity index (χ0n) is 14.3. The van der Waals surface area contributed by atoms with Crippen molar-refractivity contribution in [2.45, 2.75) is 18.2 Å². The van der Waals surface area contributed by atoms with E-state index in [0.717, 1.165) is 21.8 Å². The maximum absolute atomic E-state index is 11.7. The highest BCUT2D eigenvalue weighted by Crippen LogP contribution is 2.27. The van der Waals surface area contributed by atoms with Crippen LogP contribution in [0.3, 0.4) is 0 Å². The van der Waals surface area contributed by atoms with Crippen molar-refractivity contribution >= 4 is 34.9 Å². The summed E-state index contributed by atoms with van der Waals surface area (Å²) in [6.45, 7) is 1.99. The number of benzene rings is 1. The van der Waals surface area contributed by atoms with Gasteiger partial charge in [-0.25, -0.2) is 4.98 Å². The van der Waals surface area contributed by atoms with E-state index >= 15 is 0 Å². The summed E-state index contributed by atoms with van der Waals surface area (Å²) < 4.78 is 6.60. The molecule has 0 aliphatic heterocycles. The van der Waals surface area contributed by atoms with Gasteiger partial charge in [0.1, 0.15) is 5.65 Å². The minimum absolute atomic E-state index is 0.0520. The fourth-order valence-corrected chi connectivity index (χ4v) is 2.85. The van der Waals surface area contributed by atoms with Gasteiger partial charge in [0.2, 0.25) is 0 Å². The van der Waals surface area contributed by atoms with E-state index in [1.54, 1.807) is 11.8 Å². The largest absolute Gasteiger partial charge is 0.469 e. The van der Waals surface area contributed by atoms with Crippen LogP contribution in [0.4, 0.5) is 11.5 Å². The number of ether oxygens (including phenoxy) is 1. The van der Waals surface area contributed by atoms with E-state index in [9.17, 15) is 4.79 Å². The number of rotatable bonds is 5. The highest BCUT2D eigenvalue weighted by Gasteiger charge is 2.16. The van der Waals surface area contributed by atoms with E-state index in [1.165, 1.54) is 7.11 Å². The molecule has 3 aromatic rings. The van der Waals surface area contributed by atoms with Gasteiger partial charge in [-0.15, -0.1) is 22.0 Å². The van der Waals surface area contributed by atoms with Crippen molar-refractivity contribution in [2.75, 3.05) is 13.4 Å². The van der Waals surface area contributed by atoms with Crippen LogP contribution in [0, 0.1) is 6.92 Å². The molecule has 0 aliphatic rings. The topological polar surface area (TPSA) is 68.3 Å². The number of azo groups is 1. The number of aromatic nitrogens is 2. The quantitative estimate of drug-likeness (QED) is 0.384. The third-order valence-corrected chi connectivity index (χ3v) is 4.39. The maximum atomic E-state index is 11.7. The zero-order chi connectivity index (χ0) is 17.8. The van der Waals surface area contributed by atoms with Crippen molar-refractivity contribution in [3.05, 3.63) is 53.9 Å². The molecule has 7 heteroatoms. The molecule has 1 aromatic carbocycles. The summed E-state index contributed by atoms with van der Waals surface area (Å²) in [5, 5.41) is 8.71. The van der Waals surface area contributed by atoms with Gasteiger partial charge in [0.15, 0.2) is 5.82 Å². The number of thioether (sulfide) groups is 1. The van der Waals surface area contributed by atoms with E-state index in [1.807, 2.05) is 60.2 Å². The molecule has 0 bridgehead atoms. The molecule has 6 nitrogen and oxygen atoms in total. The van der Waals surface area contributed by atoms with Crippen LogP contribution >= 0.6 is 11.8 Å². The number of carbonyl (C=O) groups excluding carboxylic acids is 1. The van der Waals surface area contributed by atoms with Gasteiger partial charge in [-0.05, 0) is 43.0 Å². The first-order valence-electron chi connectivity index (χ1n) is 7.71. The average molecular weight is 354 g/mol. The van der Waals surface area contributed by atoms with Crippen LogP contribution in [0.2, 0.25) is 0 Å². The molecule has 3 rings (SSSR count). The van der Waals surface area contributed by atoms with Crippen LogP contribution in [-0.4, -0.2) is 28.7 Å². The van der Waals surface area contributed by atoms with Gasteiger partial charge in [-0.1, -0.05) is 12.1 Å². The average Bonchev–Trinajstić information content (AvgIpc) is 2.96. The smallest absolute Gasteiger partial charge is 0.311 e. The molecular formula is C18H18N4O2S. The number of hydrogen-bond acceptors (Lipinski definition) is 6. The monoisotopic (exact) mass is 354 g/mol. The first-order valence-corrected chi connectivity index (χ1v) is 8.93. The first kappa shape index (κ1) is 17.2. The summed E-state index contributed by atoms with van der Waals surface area (Å²) in [5.74, 6) is 0.180. The lowest BCUT2D eigenvalue weighted by atomic mass is 10.3. The van der Waals surface area contributed by atoms with Crippen LogP contribution in [0.25, 0.3) is 5.65 Å². The second-order valence-electron chi connectivity index (χ2n) is 5.47. The Morgan fingerprint density at radius 1 is 1.28 bits per heavy atom. The number of nitrogens with zero attached hydrogens (tertiary/aromatic N) is 4. The molecule has 0 aliphatic carbocycles. The van der Waals surface area contributed by atoms with Gasteiger partial charge in [0.25, 0.3) is 0 Å². The molecular weight excluding hydrogens is 336 g/mol. The van der Waals surface area contributed by atoms with Crippen LogP contribution in [0.5, 0.6) is 0 Å². The molecule has 0 saturated carbocycles. The van der Waals surface area contributed by atoms with Crippen molar-refractivity contribution < 1.29 is 9.53 Å². The summed E-state index contributed by atoms with van der Waals surface area (Å²) in [7, 11) is 1.36. The van der Waals surface area contributed by atoms with Crippen LogP contribution < -0.4 is 0 Å². The lowest BCUT2D eigenvalue weighted by Gasteiger charge is -2.00. The fourth-order valence-electron chi connectivity index (χ4n) is 2.40. The van der Waals surface area contributed by atoms with Crippen LogP contribution in [-0.2, 0) is 16.0 Å². The van der Waals surface area contributed by atoms with Crippen molar-refractivity contribution in [2.24, 2.45) is 10.2 Å². The van der Waals surface area contributed by atoms with Gasteiger partial charge < -0.3 is 4.74 Å². The minimum Gasteiger partial charge on any atom is -0.469 e. The fraction of sp³-hybridized carbons (Fsp3) is 0.222. The Labute approximate surface area is 149 Å². The summed E-state index contributed by atoms with van der Waals surface area (Å²) in [4.78, 5) is 17.3. The molecule has 0 N–H and O–H groups in total. The first-order chi connectivity index (χ1) is 12.1. The standard InChI is InChI=1S/C18H18N4O2S/c1-12-7-8-16-19-15(10-17(23)24-2)18(22(16)11-12)21-20-13-5-4-6-14(9-13)25-3/h4-9,11H,10H2,1-3H3. The second-order valence-corrected chi connectivity index (χ2v) is 6.35. The number of carbonyl (C=O) groups is 1. The van der Waals surface area contributed by atoms with Crippen LogP contribution in [0.15, 0.2) is 57.7 Å². The minimum atomic E-state index is -0.360. The number of pyridine rings is 1. The Bertz CT molecular complexity index is 949. The third-order valence-electron chi connectivity index (χ3n) is 3.66. The molecule has 0 fully saturated rings. The van der Waals surface area contributed by atoms with E-state index in [4.69, 9.17) is 4.74 Å². The number of fused-ring (bicyclic) bond motifs is 1. The molecule has 25 heavy (non-hydrogen) atoms. The molecule has 0 radical (unpaired) electrons. The number of esters is 1. The van der Waals surface area contributed by atoms with Gasteiger partial charge in [-0.3, -0.25) is 9.20 Å². The summed E-state index contributed by atoms with van der Waals surface area (Å²) in [5.41, 5.74) is 3.08. The summed E-state index contributed by atoms with van der Waals surface area (Å²) in [6.07, 6.45) is 3.99. The van der Waals surface area contributed by atoms with E-state index in [2.05, 4.69) is 15.2 Å². The Morgan fingerprint density at radius 3 is 2.88 bits per heavy atom. The van der Waals surface area contributed by atoms with Gasteiger partial charge >= 0.3 is 5.97 Å². The van der Waals surface area contributed by atoms with Crippen LogP contribution in [0.1, 0.15) is 11.3 Å². The highest BCUT2D eigenvalue weighted by atomic mass is 32.2. The molecule has 0 saturated heterocycles. The number of hydrogen-bond donors (Lipinski definition) is 0. The van der Waals surface area contributed by atoms with E-state index < -0.39 is 0 Å². The van der Waals surface area contributed by atoms with Crippen molar-refractivity contribution in [1.29, 1.82) is 0 Å². The van der Waals surface area contributed by atoms with E-state index in [-0.39, 0.29) is 12.4 Å². The third kappa shape index (κ3) is 3.88. The van der Waals surface area contributed by atoms with Gasteiger partial charge in [0, 0.05) is 11.1 Å². The van der Waals surface area contributed by atoms with Gasteiger partial charge in [-0.2, -0.15) is 0 Å². The maximum Gasteiger partial charge on any atom is 0.311 e. The molecule has 0 atom stereocenters. The predicted molar refractivity (Wildman–Crippen MR) is 98.0 cm³/mol. The molecule has 0 spiro atoms. The van der Waals surface area contributed by atoms with Gasteiger partial charge in [0.05, 0.1) is 24.9 Å². The Hall–Kier alpha value is -2.67. The van der Waals surface area contributed by atoms with Crippen molar-refractivity contribution in [3.63, 3.8) is 0 Å². The second kappa shape index (κ2) is 7.48. The van der Waals surface area contributed by atoms with Crippen molar-refractivity contribution in [1.82, 2.24) is 9.38 Å². The SMILES string of the molecule is COC(=O)Cc1nc2ccc(C)cn2c1N=Nc1cccc(SC)c1. The lowest BCUT2D eigenvalue weighted by molar-refractivity contribution is -0.139. The molecule has 2 aromatic heterocycles. The molecule has 0 amide bonds. The summed E-state index contributed by atoms with van der Waals surface area (Å²) >= 11 is 1.64. The zero-order valence-corrected chi connectivity index (χ0v) is 15.1. The predicted octanol–water partition coefficient (Wildman–Crippen LogP) is 4.50. The molecule has 128 valence electrons. The highest BCUT2D eigenvalue weighted by molar-refractivity contribution is 7.98. The number of aryl methyl sites for hydroxylation is 1. The summed E-state index contributed by atoms with van der Waals surface area (Å²) in [6, 6.07) is 11.7. The normalized spacial score (nSPS) is 11.3. The van der Waals surface area contributed by atoms with E-state index in [0.29, 0.717) is 11.5 Å². The Kier molecular flexibility index (Phi) is 5.14. The van der Waals surface area contributed by atoms with Crippen molar-refractivity contribution in [3.8, 4) is 0 Å². The number of imidazole rings is 1. The number of methoxy groups -OCH3 is 1. The molecule has 0 unspecified atom stereocenters. The Morgan fingerprint density at radius 2 is 2.12 bits per heavy atom. The Balaban J connectivity index is 2.05.